The fourth-order valence-corrected chi connectivity index (χ4v) is 2.05. The molecular weight excluding hydrogens is 198 g/mol. The third-order valence-electron chi connectivity index (χ3n) is 2.99. The van der Waals surface area contributed by atoms with E-state index >= 15 is 0 Å². The third kappa shape index (κ3) is 2.32. The van der Waals surface area contributed by atoms with Crippen LogP contribution in [0.25, 0.3) is 0 Å². The Morgan fingerprint density at radius 3 is 2.94 bits per heavy atom. The summed E-state index contributed by atoms with van der Waals surface area (Å²) in [6.07, 6.45) is 6.97. The summed E-state index contributed by atoms with van der Waals surface area (Å²) >= 11 is 0. The van der Waals surface area contributed by atoms with Crippen LogP contribution in [0.2, 0.25) is 0 Å². The molecule has 1 aliphatic rings. The molecule has 0 radical (unpaired) electrons. The summed E-state index contributed by atoms with van der Waals surface area (Å²) in [6.45, 7) is 0.780. The van der Waals surface area contributed by atoms with Crippen LogP contribution in [0, 0.1) is 12.3 Å². The summed E-state index contributed by atoms with van der Waals surface area (Å²) < 4.78 is 0. The Bertz CT molecular complexity index is 431. The van der Waals surface area contributed by atoms with Crippen molar-refractivity contribution < 1.29 is 4.79 Å². The fraction of sp³-hybridized carbons (Fsp3) is 0.357. The van der Waals surface area contributed by atoms with Gasteiger partial charge in [-0.15, -0.1) is 12.3 Å². The number of rotatable bonds is 3. The van der Waals surface area contributed by atoms with Crippen molar-refractivity contribution in [2.45, 2.75) is 31.8 Å². The van der Waals surface area contributed by atoms with Crippen molar-refractivity contribution in [2.24, 2.45) is 0 Å². The van der Waals surface area contributed by atoms with Crippen molar-refractivity contribution in [1.29, 1.82) is 0 Å². The van der Waals surface area contributed by atoms with Gasteiger partial charge in [0, 0.05) is 19.4 Å². The predicted molar refractivity (Wildman–Crippen MR) is 63.8 cm³/mol. The zero-order valence-corrected chi connectivity index (χ0v) is 9.20. The number of carbonyl (C=O) groups excluding carboxylic acids is 1. The van der Waals surface area contributed by atoms with E-state index in [1.54, 1.807) is 0 Å². The highest BCUT2D eigenvalue weighted by atomic mass is 16.1. The number of fused-ring (bicyclic) bond motifs is 1. The van der Waals surface area contributed by atoms with Crippen molar-refractivity contribution in [3.63, 3.8) is 0 Å². The van der Waals surface area contributed by atoms with Crippen LogP contribution in [-0.4, -0.2) is 11.8 Å². The first-order chi connectivity index (χ1) is 7.81. The first kappa shape index (κ1) is 10.9. The molecule has 2 heteroatoms. The molecule has 1 atom stereocenters. The Labute approximate surface area is 96.1 Å². The zero-order valence-electron chi connectivity index (χ0n) is 9.20. The lowest BCUT2D eigenvalue weighted by molar-refractivity contribution is -0.121. The quantitative estimate of drug-likeness (QED) is 0.774. The fourth-order valence-electron chi connectivity index (χ4n) is 2.05. The molecule has 0 saturated heterocycles. The number of carbonyl (C=O) groups is 1. The van der Waals surface area contributed by atoms with Gasteiger partial charge in [0.25, 0.3) is 0 Å². The molecule has 1 aliphatic heterocycles. The second-order valence-corrected chi connectivity index (χ2v) is 4.08. The van der Waals surface area contributed by atoms with Crippen molar-refractivity contribution >= 4 is 5.78 Å². The zero-order chi connectivity index (χ0) is 11.4. The lowest BCUT2D eigenvalue weighted by Gasteiger charge is -2.24. The SMILES string of the molecule is C#CCCC(=O)C1Cc2ccccc2CN1. The van der Waals surface area contributed by atoms with Crippen LogP contribution in [0.1, 0.15) is 24.0 Å². The van der Waals surface area contributed by atoms with Gasteiger partial charge in [-0.3, -0.25) is 4.79 Å². The van der Waals surface area contributed by atoms with Crippen LogP contribution in [0.3, 0.4) is 0 Å². The van der Waals surface area contributed by atoms with E-state index in [4.69, 9.17) is 6.42 Å². The lowest BCUT2D eigenvalue weighted by atomic mass is 9.92. The predicted octanol–water partition coefficient (Wildman–Crippen LogP) is 1.68. The summed E-state index contributed by atoms with van der Waals surface area (Å²) in [7, 11) is 0. The highest BCUT2D eigenvalue weighted by molar-refractivity contribution is 5.84. The Balaban J connectivity index is 2.03. The summed E-state index contributed by atoms with van der Waals surface area (Å²) in [4.78, 5) is 11.8. The van der Waals surface area contributed by atoms with E-state index < -0.39 is 0 Å². The van der Waals surface area contributed by atoms with Crippen LogP contribution in [0.15, 0.2) is 24.3 Å². The smallest absolute Gasteiger partial charge is 0.151 e. The molecule has 82 valence electrons. The molecule has 0 saturated carbocycles. The van der Waals surface area contributed by atoms with Crippen molar-refractivity contribution in [3.05, 3.63) is 35.4 Å². The number of benzene rings is 1. The molecule has 1 N–H and O–H groups in total. The van der Waals surface area contributed by atoms with Gasteiger partial charge in [-0.1, -0.05) is 24.3 Å². The van der Waals surface area contributed by atoms with E-state index in [0.717, 1.165) is 13.0 Å². The number of Topliss-reactive ketones (excluding diaryl/α,β-unsaturated/α-hetero) is 1. The number of nitrogens with one attached hydrogen (secondary N) is 1. The first-order valence-electron chi connectivity index (χ1n) is 5.57. The maximum absolute atomic E-state index is 11.8. The van der Waals surface area contributed by atoms with Crippen molar-refractivity contribution in [2.75, 3.05) is 0 Å². The number of ketones is 1. The molecule has 2 rings (SSSR count). The molecule has 1 heterocycles. The van der Waals surface area contributed by atoms with E-state index in [2.05, 4.69) is 23.4 Å². The molecule has 1 aromatic carbocycles. The monoisotopic (exact) mass is 213 g/mol. The molecule has 0 fully saturated rings. The molecule has 16 heavy (non-hydrogen) atoms. The van der Waals surface area contributed by atoms with Crippen LogP contribution < -0.4 is 5.32 Å². The van der Waals surface area contributed by atoms with Gasteiger partial charge in [0.05, 0.1) is 6.04 Å². The van der Waals surface area contributed by atoms with Crippen LogP contribution >= 0.6 is 0 Å². The van der Waals surface area contributed by atoms with E-state index in [0.29, 0.717) is 12.8 Å². The van der Waals surface area contributed by atoms with E-state index in [1.807, 2.05) is 12.1 Å². The van der Waals surface area contributed by atoms with Gasteiger partial charge in [0.2, 0.25) is 0 Å². The standard InChI is InChI=1S/C14H15NO/c1-2-3-8-14(16)13-9-11-6-4-5-7-12(11)10-15-13/h1,4-7,13,15H,3,8-10H2. The maximum Gasteiger partial charge on any atom is 0.151 e. The molecule has 2 nitrogen and oxygen atoms in total. The number of terminal acetylenes is 1. The van der Waals surface area contributed by atoms with Gasteiger partial charge >= 0.3 is 0 Å². The van der Waals surface area contributed by atoms with Crippen LogP contribution in [-0.2, 0) is 17.8 Å². The van der Waals surface area contributed by atoms with E-state index in [1.165, 1.54) is 11.1 Å². The molecule has 1 aromatic rings. The van der Waals surface area contributed by atoms with Gasteiger partial charge < -0.3 is 5.32 Å². The molecule has 1 unspecified atom stereocenters. The van der Waals surface area contributed by atoms with E-state index in [9.17, 15) is 4.79 Å². The second kappa shape index (κ2) is 4.96. The highest BCUT2D eigenvalue weighted by Gasteiger charge is 2.22. The van der Waals surface area contributed by atoms with Crippen LogP contribution in [0.4, 0.5) is 0 Å². The van der Waals surface area contributed by atoms with Crippen LogP contribution in [0.5, 0.6) is 0 Å². The topological polar surface area (TPSA) is 29.1 Å². The van der Waals surface area contributed by atoms with Gasteiger partial charge in [0.1, 0.15) is 0 Å². The summed E-state index contributed by atoms with van der Waals surface area (Å²) in [6, 6.07) is 8.19. The minimum Gasteiger partial charge on any atom is -0.303 e. The third-order valence-corrected chi connectivity index (χ3v) is 2.99. The van der Waals surface area contributed by atoms with Gasteiger partial charge in [-0.2, -0.15) is 0 Å². The summed E-state index contributed by atoms with van der Waals surface area (Å²) in [5.74, 6) is 2.74. The van der Waals surface area contributed by atoms with Gasteiger partial charge in [0.15, 0.2) is 5.78 Å². The average molecular weight is 213 g/mol. The average Bonchev–Trinajstić information content (AvgIpc) is 2.35. The Kier molecular flexibility index (Phi) is 3.38. The Morgan fingerprint density at radius 1 is 1.44 bits per heavy atom. The molecule has 0 aliphatic carbocycles. The summed E-state index contributed by atoms with van der Waals surface area (Å²) in [5, 5.41) is 3.27. The number of hydrogen-bond acceptors (Lipinski definition) is 2. The largest absolute Gasteiger partial charge is 0.303 e. The lowest BCUT2D eigenvalue weighted by Crippen LogP contribution is -2.41. The first-order valence-corrected chi connectivity index (χ1v) is 5.57. The minimum absolute atomic E-state index is 0.0525. The normalized spacial score (nSPS) is 18.6. The molecule has 0 aromatic heterocycles. The molecule has 0 spiro atoms. The van der Waals surface area contributed by atoms with Gasteiger partial charge in [-0.25, -0.2) is 0 Å². The summed E-state index contributed by atoms with van der Waals surface area (Å²) in [5.41, 5.74) is 2.57. The highest BCUT2D eigenvalue weighted by Crippen LogP contribution is 2.17. The molecular formula is C14H15NO. The number of hydrogen-bond donors (Lipinski definition) is 1. The van der Waals surface area contributed by atoms with Crippen molar-refractivity contribution in [1.82, 2.24) is 5.32 Å². The minimum atomic E-state index is -0.0525. The second-order valence-electron chi connectivity index (χ2n) is 4.08. The Hall–Kier alpha value is -1.59. The molecule has 0 bridgehead atoms. The Morgan fingerprint density at radius 2 is 2.19 bits per heavy atom. The van der Waals surface area contributed by atoms with Crippen molar-refractivity contribution in [3.8, 4) is 12.3 Å². The van der Waals surface area contributed by atoms with Gasteiger partial charge in [-0.05, 0) is 17.5 Å². The maximum atomic E-state index is 11.8. The van der Waals surface area contributed by atoms with E-state index in [-0.39, 0.29) is 11.8 Å². The molecule has 0 amide bonds.